The van der Waals surface area contributed by atoms with Crippen LogP contribution in [0.1, 0.15) is 59.3 Å². The van der Waals surface area contributed by atoms with Crippen LogP contribution in [-0.4, -0.2) is 90.6 Å². The monoisotopic (exact) mass is 538 g/mol. The summed E-state index contributed by atoms with van der Waals surface area (Å²) in [6.45, 7) is 5.48. The first-order valence-corrected chi connectivity index (χ1v) is 13.6. The molecule has 0 aromatic rings. The molecule has 0 saturated carbocycles. The summed E-state index contributed by atoms with van der Waals surface area (Å²) in [6, 6.07) is -0.962. The number of carbonyl (C=O) groups is 3. The van der Waals surface area contributed by atoms with Crippen molar-refractivity contribution in [1.82, 2.24) is 10.6 Å². The first-order valence-electron chi connectivity index (χ1n) is 13.6. The summed E-state index contributed by atoms with van der Waals surface area (Å²) >= 11 is 0. The minimum Gasteiger partial charge on any atom is -0.395 e. The number of rotatable bonds is 5. The molecule has 216 valence electrons. The van der Waals surface area contributed by atoms with Gasteiger partial charge in [-0.1, -0.05) is 32.9 Å². The van der Waals surface area contributed by atoms with Crippen LogP contribution in [0, 0.1) is 17.8 Å². The lowest BCUT2D eigenvalue weighted by Gasteiger charge is -2.31. The third-order valence-corrected chi connectivity index (χ3v) is 7.69. The second-order valence-electron chi connectivity index (χ2n) is 10.7. The summed E-state index contributed by atoms with van der Waals surface area (Å²) in [5, 5.41) is 36.8. The molecule has 1 aliphatic heterocycles. The number of allylic oxidation sites excluding steroid dienone is 2. The van der Waals surface area contributed by atoms with E-state index >= 15 is 0 Å². The first-order chi connectivity index (χ1) is 18.0. The molecule has 2 aliphatic rings. The van der Waals surface area contributed by atoms with Crippen molar-refractivity contribution in [2.45, 2.75) is 89.8 Å². The summed E-state index contributed by atoms with van der Waals surface area (Å²) in [7, 11) is 3.03. The fraction of sp³-hybridized carbons (Fsp3) is 0.750. The van der Waals surface area contributed by atoms with E-state index in [1.54, 1.807) is 19.1 Å². The Labute approximate surface area is 225 Å². The molecule has 8 atom stereocenters. The zero-order valence-corrected chi connectivity index (χ0v) is 23.3. The van der Waals surface area contributed by atoms with Crippen LogP contribution in [0.15, 0.2) is 23.4 Å². The highest BCUT2D eigenvalue weighted by Gasteiger charge is 2.36. The highest BCUT2D eigenvalue weighted by molar-refractivity contribution is 6.14. The molecule has 5 N–H and O–H groups in total. The van der Waals surface area contributed by atoms with Crippen LogP contribution in [0.2, 0.25) is 0 Å². The largest absolute Gasteiger partial charge is 0.395 e. The molecule has 1 heterocycles. The molecule has 0 spiro atoms. The number of fused-ring (bicyclic) bond motifs is 2. The van der Waals surface area contributed by atoms with Crippen molar-refractivity contribution in [1.29, 1.82) is 0 Å². The Hall–Kier alpha value is -2.11. The van der Waals surface area contributed by atoms with E-state index in [4.69, 9.17) is 9.47 Å². The van der Waals surface area contributed by atoms with E-state index in [0.29, 0.717) is 31.3 Å². The molecule has 10 heteroatoms. The molecule has 1 aliphatic carbocycles. The third-order valence-electron chi connectivity index (χ3n) is 7.69. The number of hydrogen-bond acceptors (Lipinski definition) is 9. The van der Waals surface area contributed by atoms with Crippen LogP contribution in [0.4, 0.5) is 0 Å². The first kappa shape index (κ1) is 32.1. The molecule has 1 amide bonds. The second-order valence-corrected chi connectivity index (χ2v) is 10.7. The molecule has 2 bridgehead atoms. The molecule has 0 radical (unpaired) electrons. The molecule has 0 saturated heterocycles. The van der Waals surface area contributed by atoms with Gasteiger partial charge in [0.2, 0.25) is 5.91 Å². The van der Waals surface area contributed by atoms with Gasteiger partial charge in [0.25, 0.3) is 0 Å². The smallest absolute Gasteiger partial charge is 0.223 e. The van der Waals surface area contributed by atoms with Gasteiger partial charge in [0.05, 0.1) is 36.7 Å². The fourth-order valence-electron chi connectivity index (χ4n) is 5.27. The fourth-order valence-corrected chi connectivity index (χ4v) is 5.27. The number of carbonyl (C=O) groups excluding carboxylic acids is 3. The molecule has 38 heavy (non-hydrogen) atoms. The number of aliphatic hydroxyl groups is 3. The Morgan fingerprint density at radius 3 is 2.37 bits per heavy atom. The zero-order valence-electron chi connectivity index (χ0n) is 23.3. The minimum absolute atomic E-state index is 0.127. The van der Waals surface area contributed by atoms with Crippen LogP contribution in [0.3, 0.4) is 0 Å². The van der Waals surface area contributed by atoms with Gasteiger partial charge in [0.15, 0.2) is 11.6 Å². The van der Waals surface area contributed by atoms with Gasteiger partial charge in [-0.25, -0.2) is 0 Å². The number of hydrogen-bond donors (Lipinski definition) is 5. The van der Waals surface area contributed by atoms with Gasteiger partial charge in [-0.2, -0.15) is 0 Å². The lowest BCUT2D eigenvalue weighted by atomic mass is 9.84. The quantitative estimate of drug-likeness (QED) is 0.323. The number of aliphatic hydroxyl groups excluding tert-OH is 3. The van der Waals surface area contributed by atoms with E-state index in [1.165, 1.54) is 14.2 Å². The molecule has 4 unspecified atom stereocenters. The van der Waals surface area contributed by atoms with Crippen LogP contribution in [0.25, 0.3) is 0 Å². The summed E-state index contributed by atoms with van der Waals surface area (Å²) in [5.74, 6) is -1.79. The molecule has 10 nitrogen and oxygen atoms in total. The van der Waals surface area contributed by atoms with Crippen molar-refractivity contribution in [3.8, 4) is 0 Å². The van der Waals surface area contributed by atoms with Gasteiger partial charge in [-0.05, 0) is 43.9 Å². The highest BCUT2D eigenvalue weighted by Crippen LogP contribution is 2.28. The van der Waals surface area contributed by atoms with E-state index in [9.17, 15) is 29.7 Å². The van der Waals surface area contributed by atoms with Crippen LogP contribution >= 0.6 is 0 Å². The summed E-state index contributed by atoms with van der Waals surface area (Å²) in [5.41, 5.74) is 0.482. The number of methoxy groups -OCH3 is 2. The standard InChI is InChI=1S/C28H46N2O8/c1-16-8-6-10-22(37-4)25(33)17(2)14-18(3)26(34)23(38-5)11-7-9-19-24(29-12-13-31)21(32)15-20(27(19)35)30-28(16)36/h6,10,16-18,20,22-23,25-26,29,31,33-34H,7-9,11-15H2,1-5H3,(H,30,36)/b10-6-/t16?,17-,18?,20?,22+,23+,25+,26?/m1/s1. The number of ether oxygens (including phenoxy) is 2. The van der Waals surface area contributed by atoms with Crippen molar-refractivity contribution in [3.05, 3.63) is 23.4 Å². The number of Topliss-reactive ketones (excluding diaryl/α,β-unsaturated/α-hetero) is 2. The molecule has 0 aromatic carbocycles. The number of ketones is 2. The van der Waals surface area contributed by atoms with Gasteiger partial charge >= 0.3 is 0 Å². The van der Waals surface area contributed by atoms with Crippen LogP contribution in [-0.2, 0) is 23.9 Å². The van der Waals surface area contributed by atoms with E-state index < -0.39 is 36.4 Å². The van der Waals surface area contributed by atoms with Crippen LogP contribution in [0.5, 0.6) is 0 Å². The molecule has 0 fully saturated rings. The maximum absolute atomic E-state index is 13.4. The molecule has 0 aromatic heterocycles. The third kappa shape index (κ3) is 8.44. The number of amides is 1. The summed E-state index contributed by atoms with van der Waals surface area (Å²) in [6.07, 6.45) is 2.71. The van der Waals surface area contributed by atoms with Gasteiger partial charge in [0, 0.05) is 38.7 Å². The maximum atomic E-state index is 13.4. The topological polar surface area (TPSA) is 154 Å². The highest BCUT2D eigenvalue weighted by atomic mass is 16.5. The predicted octanol–water partition coefficient (Wildman–Crippen LogP) is 1.03. The Morgan fingerprint density at radius 2 is 1.74 bits per heavy atom. The minimum atomic E-state index is -0.962. The zero-order chi connectivity index (χ0) is 28.4. The van der Waals surface area contributed by atoms with Crippen molar-refractivity contribution >= 4 is 17.5 Å². The predicted molar refractivity (Wildman–Crippen MR) is 142 cm³/mol. The second kappa shape index (κ2) is 15.5. The average molecular weight is 539 g/mol. The lowest BCUT2D eigenvalue weighted by molar-refractivity contribution is -0.130. The van der Waals surface area contributed by atoms with Gasteiger partial charge in [-0.3, -0.25) is 14.4 Å². The van der Waals surface area contributed by atoms with Gasteiger partial charge in [-0.15, -0.1) is 0 Å². The summed E-state index contributed by atoms with van der Waals surface area (Å²) in [4.78, 5) is 39.2. The molecular weight excluding hydrogens is 492 g/mol. The Kier molecular flexibility index (Phi) is 13.1. The normalized spacial score (nSPS) is 35.6. The van der Waals surface area contributed by atoms with E-state index in [2.05, 4.69) is 10.6 Å². The van der Waals surface area contributed by atoms with Crippen molar-refractivity contribution in [2.24, 2.45) is 17.8 Å². The Bertz CT molecular complexity index is 873. The lowest BCUT2D eigenvalue weighted by Crippen LogP contribution is -2.49. The maximum Gasteiger partial charge on any atom is 0.223 e. The Balaban J connectivity index is 2.38. The SMILES string of the molecule is CO[C@H]1CCCC2=C(NCCO)C(=O)CC(NC(=O)C(C)C/C=C\[C@H](OC)[C@@H](O)[C@H](C)CC(C)C1O)C2=O. The van der Waals surface area contributed by atoms with E-state index in [1.807, 2.05) is 13.8 Å². The van der Waals surface area contributed by atoms with Gasteiger partial charge in [0.1, 0.15) is 6.10 Å². The van der Waals surface area contributed by atoms with E-state index in [-0.39, 0.29) is 61.0 Å². The Morgan fingerprint density at radius 1 is 1.05 bits per heavy atom. The van der Waals surface area contributed by atoms with Crippen LogP contribution < -0.4 is 10.6 Å². The number of nitrogens with one attached hydrogen (secondary N) is 2. The van der Waals surface area contributed by atoms with Crippen molar-refractivity contribution < 1.29 is 39.2 Å². The van der Waals surface area contributed by atoms with Crippen molar-refractivity contribution in [2.75, 3.05) is 27.4 Å². The molecular formula is C28H46N2O8. The van der Waals surface area contributed by atoms with Gasteiger partial charge < -0.3 is 35.4 Å². The summed E-state index contributed by atoms with van der Waals surface area (Å²) < 4.78 is 11.1. The molecule has 2 rings (SSSR count). The van der Waals surface area contributed by atoms with E-state index in [0.717, 1.165) is 0 Å². The average Bonchev–Trinajstić information content (AvgIpc) is 2.89. The van der Waals surface area contributed by atoms with Crippen molar-refractivity contribution in [3.63, 3.8) is 0 Å².